The Balaban J connectivity index is 2.63. The molecular weight excluding hydrogens is 210 g/mol. The van der Waals surface area contributed by atoms with Crippen molar-refractivity contribution < 1.29 is 4.79 Å². The first kappa shape index (κ1) is 14.2. The number of rotatable bonds is 6. The van der Waals surface area contributed by atoms with Crippen LogP contribution in [0, 0.1) is 11.8 Å². The minimum absolute atomic E-state index is 0.0407. The SMILES string of the molecule is CC[C@H](C)[C@@H](C=O)N(C)CC1=CC=CCC1C. The number of allylic oxidation sites excluding steroid dienone is 3. The molecule has 2 nitrogen and oxygen atoms in total. The van der Waals surface area contributed by atoms with Gasteiger partial charge in [0.15, 0.2) is 0 Å². The summed E-state index contributed by atoms with van der Waals surface area (Å²) in [5.74, 6) is 1.03. The predicted octanol–water partition coefficient (Wildman–Crippen LogP) is 3.05. The standard InChI is InChI=1S/C15H25NO/c1-5-12(2)15(11-17)16(4)10-14-9-7-6-8-13(14)3/h6-7,9,11-13,15H,5,8,10H2,1-4H3/t12-,13?,15+/m0/s1. The van der Waals surface area contributed by atoms with Crippen molar-refractivity contribution in [1.29, 1.82) is 0 Å². The Bertz CT molecular complexity index is 306. The Morgan fingerprint density at radius 3 is 2.82 bits per heavy atom. The van der Waals surface area contributed by atoms with Crippen molar-refractivity contribution in [1.82, 2.24) is 4.90 Å². The Morgan fingerprint density at radius 1 is 1.59 bits per heavy atom. The molecule has 0 aromatic heterocycles. The Labute approximate surface area is 105 Å². The fourth-order valence-corrected chi connectivity index (χ4v) is 2.31. The largest absolute Gasteiger partial charge is 0.302 e. The number of hydrogen-bond acceptors (Lipinski definition) is 2. The third-order valence-corrected chi connectivity index (χ3v) is 3.88. The molecule has 0 amide bonds. The highest BCUT2D eigenvalue weighted by Gasteiger charge is 2.22. The van der Waals surface area contributed by atoms with Crippen molar-refractivity contribution in [2.75, 3.05) is 13.6 Å². The van der Waals surface area contributed by atoms with Crippen LogP contribution in [0.4, 0.5) is 0 Å². The Hall–Kier alpha value is -0.890. The molecule has 1 unspecified atom stereocenters. The van der Waals surface area contributed by atoms with E-state index in [-0.39, 0.29) is 6.04 Å². The summed E-state index contributed by atoms with van der Waals surface area (Å²) >= 11 is 0. The Morgan fingerprint density at radius 2 is 2.29 bits per heavy atom. The lowest BCUT2D eigenvalue weighted by Crippen LogP contribution is -2.39. The van der Waals surface area contributed by atoms with E-state index < -0.39 is 0 Å². The summed E-state index contributed by atoms with van der Waals surface area (Å²) < 4.78 is 0. The van der Waals surface area contributed by atoms with Crippen LogP contribution in [0.3, 0.4) is 0 Å². The average Bonchev–Trinajstić information content (AvgIpc) is 2.32. The van der Waals surface area contributed by atoms with Crippen LogP contribution in [0.5, 0.6) is 0 Å². The predicted molar refractivity (Wildman–Crippen MR) is 72.9 cm³/mol. The minimum atomic E-state index is 0.0407. The molecule has 1 aliphatic carbocycles. The van der Waals surface area contributed by atoms with Gasteiger partial charge >= 0.3 is 0 Å². The average molecular weight is 235 g/mol. The normalized spacial score (nSPS) is 23.4. The molecular formula is C15H25NO. The molecule has 1 aliphatic rings. The summed E-state index contributed by atoms with van der Waals surface area (Å²) in [4.78, 5) is 13.4. The van der Waals surface area contributed by atoms with Crippen molar-refractivity contribution in [3.8, 4) is 0 Å². The molecule has 0 radical (unpaired) electrons. The summed E-state index contributed by atoms with van der Waals surface area (Å²) in [5.41, 5.74) is 1.44. The van der Waals surface area contributed by atoms with Crippen molar-refractivity contribution >= 4 is 6.29 Å². The van der Waals surface area contributed by atoms with Crippen molar-refractivity contribution in [3.05, 3.63) is 23.8 Å². The second-order valence-electron chi connectivity index (χ2n) is 5.23. The highest BCUT2D eigenvalue weighted by Crippen LogP contribution is 2.22. The minimum Gasteiger partial charge on any atom is -0.302 e. The molecule has 0 aromatic carbocycles. The van der Waals surface area contributed by atoms with E-state index in [1.54, 1.807) is 0 Å². The van der Waals surface area contributed by atoms with Crippen LogP contribution in [0.25, 0.3) is 0 Å². The van der Waals surface area contributed by atoms with Gasteiger partial charge in [0.25, 0.3) is 0 Å². The van der Waals surface area contributed by atoms with E-state index in [0.29, 0.717) is 11.8 Å². The van der Waals surface area contributed by atoms with Gasteiger partial charge < -0.3 is 4.79 Å². The molecule has 0 spiro atoms. The summed E-state index contributed by atoms with van der Waals surface area (Å²) in [6.45, 7) is 7.44. The van der Waals surface area contributed by atoms with Gasteiger partial charge in [-0.25, -0.2) is 0 Å². The van der Waals surface area contributed by atoms with Gasteiger partial charge in [0.1, 0.15) is 6.29 Å². The monoisotopic (exact) mass is 235 g/mol. The van der Waals surface area contributed by atoms with E-state index in [4.69, 9.17) is 0 Å². The summed E-state index contributed by atoms with van der Waals surface area (Å²) in [6, 6.07) is 0.0407. The highest BCUT2D eigenvalue weighted by molar-refractivity contribution is 5.58. The molecule has 0 N–H and O–H groups in total. The smallest absolute Gasteiger partial charge is 0.137 e. The van der Waals surface area contributed by atoms with Crippen molar-refractivity contribution in [3.63, 3.8) is 0 Å². The number of likely N-dealkylation sites (N-methyl/N-ethyl adjacent to an activating group) is 1. The molecule has 1 rings (SSSR count). The highest BCUT2D eigenvalue weighted by atomic mass is 16.1. The second-order valence-corrected chi connectivity index (χ2v) is 5.23. The van der Waals surface area contributed by atoms with Gasteiger partial charge in [-0.15, -0.1) is 0 Å². The molecule has 0 heterocycles. The first-order valence-corrected chi connectivity index (χ1v) is 6.61. The van der Waals surface area contributed by atoms with Crippen LogP contribution in [0.15, 0.2) is 23.8 Å². The fraction of sp³-hybridized carbons (Fsp3) is 0.667. The molecule has 0 bridgehead atoms. The van der Waals surface area contributed by atoms with Crippen molar-refractivity contribution in [2.24, 2.45) is 11.8 Å². The fourth-order valence-electron chi connectivity index (χ4n) is 2.31. The van der Waals surface area contributed by atoms with E-state index in [2.05, 4.69) is 50.9 Å². The van der Waals surface area contributed by atoms with Gasteiger partial charge in [-0.05, 0) is 25.3 Å². The number of hydrogen-bond donors (Lipinski definition) is 0. The van der Waals surface area contributed by atoms with Gasteiger partial charge in [-0.1, -0.05) is 51.0 Å². The van der Waals surface area contributed by atoms with Gasteiger partial charge in [-0.2, -0.15) is 0 Å². The van der Waals surface area contributed by atoms with E-state index in [1.807, 2.05) is 0 Å². The number of nitrogens with zero attached hydrogens (tertiary/aromatic N) is 1. The molecule has 96 valence electrons. The number of aldehydes is 1. The van der Waals surface area contributed by atoms with Gasteiger partial charge in [0, 0.05) is 6.54 Å². The maximum absolute atomic E-state index is 11.2. The van der Waals surface area contributed by atoms with E-state index in [1.165, 1.54) is 5.57 Å². The van der Waals surface area contributed by atoms with Gasteiger partial charge in [-0.3, -0.25) is 4.90 Å². The first-order chi connectivity index (χ1) is 8.10. The van der Waals surface area contributed by atoms with Crippen LogP contribution in [0.2, 0.25) is 0 Å². The Kier molecular flexibility index (Phi) is 5.63. The maximum Gasteiger partial charge on any atom is 0.137 e. The first-order valence-electron chi connectivity index (χ1n) is 6.61. The zero-order chi connectivity index (χ0) is 12.8. The lowest BCUT2D eigenvalue weighted by Gasteiger charge is -2.30. The zero-order valence-corrected chi connectivity index (χ0v) is 11.5. The molecule has 2 heteroatoms. The topological polar surface area (TPSA) is 20.3 Å². The molecule has 0 aliphatic heterocycles. The van der Waals surface area contributed by atoms with Gasteiger partial charge in [0.2, 0.25) is 0 Å². The lowest BCUT2D eigenvalue weighted by molar-refractivity contribution is -0.113. The van der Waals surface area contributed by atoms with E-state index >= 15 is 0 Å². The van der Waals surface area contributed by atoms with Crippen LogP contribution in [-0.4, -0.2) is 30.8 Å². The molecule has 0 saturated heterocycles. The summed E-state index contributed by atoms with van der Waals surface area (Å²) in [7, 11) is 2.05. The third kappa shape index (κ3) is 3.81. The van der Waals surface area contributed by atoms with Crippen LogP contribution >= 0.6 is 0 Å². The molecule has 3 atom stereocenters. The summed E-state index contributed by atoms with van der Waals surface area (Å²) in [5, 5.41) is 0. The zero-order valence-electron chi connectivity index (χ0n) is 11.5. The molecule has 17 heavy (non-hydrogen) atoms. The van der Waals surface area contributed by atoms with Crippen LogP contribution in [-0.2, 0) is 4.79 Å². The molecule has 0 saturated carbocycles. The summed E-state index contributed by atoms with van der Waals surface area (Å²) in [6.07, 6.45) is 9.79. The maximum atomic E-state index is 11.2. The van der Waals surface area contributed by atoms with Crippen LogP contribution < -0.4 is 0 Å². The molecule has 0 aromatic rings. The quantitative estimate of drug-likeness (QED) is 0.659. The number of carbonyl (C=O) groups is 1. The second kappa shape index (κ2) is 6.75. The van der Waals surface area contributed by atoms with Crippen LogP contribution in [0.1, 0.15) is 33.6 Å². The number of carbonyl (C=O) groups excluding carboxylic acids is 1. The third-order valence-electron chi connectivity index (χ3n) is 3.88. The lowest BCUT2D eigenvalue weighted by atomic mass is 9.91. The van der Waals surface area contributed by atoms with E-state index in [0.717, 1.165) is 25.7 Å². The van der Waals surface area contributed by atoms with E-state index in [9.17, 15) is 4.79 Å². The van der Waals surface area contributed by atoms with Crippen molar-refractivity contribution in [2.45, 2.75) is 39.7 Å². The molecule has 0 fully saturated rings. The van der Waals surface area contributed by atoms with Gasteiger partial charge in [0.05, 0.1) is 6.04 Å².